The summed E-state index contributed by atoms with van der Waals surface area (Å²) in [6.07, 6.45) is 5.15. The molecule has 2 saturated carbocycles. The number of aromatic nitrogens is 3. The fourth-order valence-corrected chi connectivity index (χ4v) is 3.41. The van der Waals surface area contributed by atoms with Crippen molar-refractivity contribution in [2.75, 3.05) is 5.75 Å². The first-order valence-electron chi connectivity index (χ1n) is 7.30. The van der Waals surface area contributed by atoms with Crippen LogP contribution in [0, 0.1) is 5.41 Å². The number of nitrogens with two attached hydrogens (primary N) is 1. The molecule has 2 aliphatic carbocycles. The number of hydrogen-bond acceptors (Lipinski definition) is 4. The molecule has 5 heteroatoms. The van der Waals surface area contributed by atoms with E-state index < -0.39 is 0 Å². The zero-order valence-electron chi connectivity index (χ0n) is 12.1. The first-order valence-corrected chi connectivity index (χ1v) is 8.28. The van der Waals surface area contributed by atoms with Crippen molar-refractivity contribution in [3.8, 4) is 0 Å². The Morgan fingerprint density at radius 2 is 1.95 bits per heavy atom. The highest BCUT2D eigenvalue weighted by Crippen LogP contribution is 2.46. The van der Waals surface area contributed by atoms with Crippen molar-refractivity contribution in [3.63, 3.8) is 0 Å². The number of nitrogens with zero attached hydrogens (tertiary/aromatic N) is 3. The Labute approximate surface area is 119 Å². The molecule has 1 heterocycles. The van der Waals surface area contributed by atoms with Crippen molar-refractivity contribution in [2.45, 2.75) is 69.6 Å². The Morgan fingerprint density at radius 3 is 2.47 bits per heavy atom. The lowest BCUT2D eigenvalue weighted by atomic mass is 9.89. The third-order valence-electron chi connectivity index (χ3n) is 4.05. The third-order valence-corrected chi connectivity index (χ3v) is 5.11. The summed E-state index contributed by atoms with van der Waals surface area (Å²) in [4.78, 5) is 0. The van der Waals surface area contributed by atoms with Crippen LogP contribution in [0.1, 0.15) is 64.2 Å². The summed E-state index contributed by atoms with van der Waals surface area (Å²) in [5, 5.41) is 9.93. The van der Waals surface area contributed by atoms with Crippen molar-refractivity contribution < 1.29 is 0 Å². The molecule has 2 fully saturated rings. The molecule has 1 aromatic heterocycles. The molecule has 0 radical (unpaired) electrons. The van der Waals surface area contributed by atoms with Gasteiger partial charge in [-0.1, -0.05) is 32.5 Å². The molecule has 2 N–H and O–H groups in total. The largest absolute Gasteiger partial charge is 0.326 e. The lowest BCUT2D eigenvalue weighted by molar-refractivity contribution is 0.344. The average molecular weight is 280 g/mol. The highest BCUT2D eigenvalue weighted by Gasteiger charge is 2.36. The molecule has 2 aliphatic rings. The van der Waals surface area contributed by atoms with Gasteiger partial charge in [-0.05, 0) is 31.1 Å². The summed E-state index contributed by atoms with van der Waals surface area (Å²) >= 11 is 1.78. The van der Waals surface area contributed by atoms with Gasteiger partial charge in [0.05, 0.1) is 0 Å². The highest BCUT2D eigenvalue weighted by molar-refractivity contribution is 7.99. The number of thioether (sulfide) groups is 1. The first-order chi connectivity index (χ1) is 8.97. The molecular weight excluding hydrogens is 256 g/mol. The van der Waals surface area contributed by atoms with Crippen LogP contribution >= 0.6 is 11.8 Å². The lowest BCUT2D eigenvalue weighted by Gasteiger charge is -2.26. The van der Waals surface area contributed by atoms with Gasteiger partial charge in [0, 0.05) is 23.8 Å². The van der Waals surface area contributed by atoms with Crippen molar-refractivity contribution >= 4 is 11.8 Å². The molecule has 0 aliphatic heterocycles. The minimum absolute atomic E-state index is 0.150. The summed E-state index contributed by atoms with van der Waals surface area (Å²) in [5.41, 5.74) is 6.39. The van der Waals surface area contributed by atoms with Crippen LogP contribution in [0.2, 0.25) is 0 Å². The van der Waals surface area contributed by atoms with Gasteiger partial charge in [-0.25, -0.2) is 0 Å². The van der Waals surface area contributed by atoms with Crippen LogP contribution in [0.4, 0.5) is 0 Å². The molecule has 4 nitrogen and oxygen atoms in total. The molecule has 1 atom stereocenters. The van der Waals surface area contributed by atoms with Gasteiger partial charge in [-0.3, -0.25) is 0 Å². The molecule has 0 aromatic carbocycles. The maximum atomic E-state index is 6.24. The summed E-state index contributed by atoms with van der Waals surface area (Å²) in [7, 11) is 0. The van der Waals surface area contributed by atoms with Gasteiger partial charge in [0.2, 0.25) is 0 Å². The second kappa shape index (κ2) is 4.77. The van der Waals surface area contributed by atoms with Gasteiger partial charge in [0.15, 0.2) is 5.16 Å². The third kappa shape index (κ3) is 2.97. The molecule has 0 spiro atoms. The average Bonchev–Trinajstić information content (AvgIpc) is 3.23. The van der Waals surface area contributed by atoms with E-state index in [1.165, 1.54) is 31.5 Å². The van der Waals surface area contributed by atoms with E-state index in [-0.39, 0.29) is 11.5 Å². The zero-order chi connectivity index (χ0) is 13.6. The molecule has 3 rings (SSSR count). The van der Waals surface area contributed by atoms with Crippen LogP contribution in [0.15, 0.2) is 5.16 Å². The van der Waals surface area contributed by atoms with Gasteiger partial charge >= 0.3 is 0 Å². The quantitative estimate of drug-likeness (QED) is 0.843. The van der Waals surface area contributed by atoms with E-state index in [2.05, 4.69) is 35.5 Å². The smallest absolute Gasteiger partial charge is 0.191 e. The second-order valence-electron chi connectivity index (χ2n) is 7.00. The predicted molar refractivity (Wildman–Crippen MR) is 78.4 cm³/mol. The molecule has 0 amide bonds. The predicted octanol–water partition coefficient (Wildman–Crippen LogP) is 2.96. The van der Waals surface area contributed by atoms with Crippen molar-refractivity contribution in [1.29, 1.82) is 0 Å². The molecular formula is C14H24N4S. The van der Waals surface area contributed by atoms with E-state index >= 15 is 0 Å². The SMILES string of the molecule is CC(C)(C)C(N)CSc1nnc(C2CC2)n1C1CC1. The van der Waals surface area contributed by atoms with Crippen LogP contribution < -0.4 is 5.73 Å². The van der Waals surface area contributed by atoms with Crippen molar-refractivity contribution in [3.05, 3.63) is 5.82 Å². The maximum Gasteiger partial charge on any atom is 0.191 e. The lowest BCUT2D eigenvalue weighted by Crippen LogP contribution is -2.37. The first kappa shape index (κ1) is 13.4. The summed E-state index contributed by atoms with van der Waals surface area (Å²) in [6.45, 7) is 6.58. The van der Waals surface area contributed by atoms with Crippen LogP contribution in [-0.4, -0.2) is 26.6 Å². The Morgan fingerprint density at radius 1 is 1.26 bits per heavy atom. The van der Waals surface area contributed by atoms with Gasteiger partial charge in [0.25, 0.3) is 0 Å². The number of hydrogen-bond donors (Lipinski definition) is 1. The fourth-order valence-electron chi connectivity index (χ4n) is 2.10. The second-order valence-corrected chi connectivity index (χ2v) is 7.99. The normalized spacial score (nSPS) is 21.7. The van der Waals surface area contributed by atoms with Crippen molar-refractivity contribution in [1.82, 2.24) is 14.8 Å². The molecule has 106 valence electrons. The fraction of sp³-hybridized carbons (Fsp3) is 0.857. The topological polar surface area (TPSA) is 56.7 Å². The van der Waals surface area contributed by atoms with E-state index in [4.69, 9.17) is 5.73 Å². The Hall–Kier alpha value is -0.550. The Balaban J connectivity index is 1.70. The molecule has 0 saturated heterocycles. The number of rotatable bonds is 5. The van der Waals surface area contributed by atoms with Gasteiger partial charge in [0.1, 0.15) is 5.82 Å². The molecule has 19 heavy (non-hydrogen) atoms. The van der Waals surface area contributed by atoms with Crippen LogP contribution in [0.5, 0.6) is 0 Å². The highest BCUT2D eigenvalue weighted by atomic mass is 32.2. The Kier molecular flexibility index (Phi) is 3.38. The van der Waals surface area contributed by atoms with Crippen LogP contribution in [0.3, 0.4) is 0 Å². The van der Waals surface area contributed by atoms with Crippen molar-refractivity contribution in [2.24, 2.45) is 11.1 Å². The minimum Gasteiger partial charge on any atom is -0.326 e. The standard InChI is InChI=1S/C14H24N4S/c1-14(2,3)11(15)8-19-13-17-16-12(9-4-5-9)18(13)10-6-7-10/h9-11H,4-8,15H2,1-3H3. The van der Waals surface area contributed by atoms with Crippen LogP contribution in [-0.2, 0) is 0 Å². The van der Waals surface area contributed by atoms with E-state index in [1.807, 2.05) is 0 Å². The van der Waals surface area contributed by atoms with E-state index in [0.29, 0.717) is 12.0 Å². The molecule has 1 aromatic rings. The summed E-state index contributed by atoms with van der Waals surface area (Å²) in [5.74, 6) is 2.83. The Bertz CT molecular complexity index is 455. The van der Waals surface area contributed by atoms with Gasteiger partial charge in [-0.15, -0.1) is 10.2 Å². The maximum absolute atomic E-state index is 6.24. The summed E-state index contributed by atoms with van der Waals surface area (Å²) < 4.78 is 2.40. The van der Waals surface area contributed by atoms with E-state index in [1.54, 1.807) is 11.8 Å². The molecule has 1 unspecified atom stereocenters. The monoisotopic (exact) mass is 280 g/mol. The van der Waals surface area contributed by atoms with E-state index in [0.717, 1.165) is 10.9 Å². The van der Waals surface area contributed by atoms with Gasteiger partial charge < -0.3 is 10.3 Å². The summed E-state index contributed by atoms with van der Waals surface area (Å²) in [6, 6.07) is 0.852. The van der Waals surface area contributed by atoms with Gasteiger partial charge in [-0.2, -0.15) is 0 Å². The van der Waals surface area contributed by atoms with Crippen LogP contribution in [0.25, 0.3) is 0 Å². The molecule has 0 bridgehead atoms. The minimum atomic E-state index is 0.150. The van der Waals surface area contributed by atoms with E-state index in [9.17, 15) is 0 Å². The zero-order valence-corrected chi connectivity index (χ0v) is 12.9.